The summed E-state index contributed by atoms with van der Waals surface area (Å²) in [6.07, 6.45) is 8.52. The number of fused-ring (bicyclic) bond motifs is 1. The van der Waals surface area contributed by atoms with E-state index in [1.165, 1.54) is 31.2 Å². The molecule has 0 spiro atoms. The van der Waals surface area contributed by atoms with Gasteiger partial charge < -0.3 is 15.3 Å². The number of carbonyl (C=O) groups is 3. The number of carboxylic acids is 3. The molecule has 0 aromatic heterocycles. The fourth-order valence-corrected chi connectivity index (χ4v) is 2.77. The first kappa shape index (κ1) is 33.1. The average Bonchev–Trinajstić information content (AvgIpc) is 2.91. The summed E-state index contributed by atoms with van der Waals surface area (Å²) >= 11 is 0. The van der Waals surface area contributed by atoms with Gasteiger partial charge in [0.05, 0.1) is 0 Å². The first-order valence-corrected chi connectivity index (χ1v) is 10.5. The van der Waals surface area contributed by atoms with Crippen LogP contribution in [0.1, 0.15) is 94.4 Å². The van der Waals surface area contributed by atoms with Crippen molar-refractivity contribution in [3.63, 3.8) is 0 Å². The number of aryl methyl sites for hydroxylation is 2. The van der Waals surface area contributed by atoms with Crippen LogP contribution in [0.5, 0.6) is 0 Å². The van der Waals surface area contributed by atoms with Gasteiger partial charge >= 0.3 is 17.9 Å². The van der Waals surface area contributed by atoms with Crippen molar-refractivity contribution in [3.8, 4) is 0 Å². The van der Waals surface area contributed by atoms with E-state index >= 15 is 0 Å². The van der Waals surface area contributed by atoms with E-state index in [4.69, 9.17) is 15.3 Å². The average molecular weight is 459 g/mol. The maximum absolute atomic E-state index is 9.60. The molecule has 3 N–H and O–H groups in total. The second-order valence-corrected chi connectivity index (χ2v) is 7.09. The Morgan fingerprint density at radius 3 is 1.47 bits per heavy atom. The van der Waals surface area contributed by atoms with Crippen LogP contribution in [0.3, 0.4) is 0 Å². The molecule has 30 heavy (non-hydrogen) atoms. The van der Waals surface area contributed by atoms with E-state index in [0.717, 1.165) is 19.3 Å². The normalized spacial score (nSPS) is 11.0. The van der Waals surface area contributed by atoms with E-state index < -0.39 is 17.9 Å². The van der Waals surface area contributed by atoms with E-state index in [2.05, 4.69) is 19.9 Å². The van der Waals surface area contributed by atoms with Gasteiger partial charge in [0.15, 0.2) is 0 Å². The Kier molecular flexibility index (Phi) is 22.9. The van der Waals surface area contributed by atoms with Crippen LogP contribution in [0.25, 0.3) is 0 Å². The number of hydrogen-bond acceptors (Lipinski definition) is 3. The minimum Gasteiger partial charge on any atom is -0.481 e. The standard InChI is InChI=1S/C11H15.3C4H8O2.Ti/c1-8-7-10-5-3-4-6-11(10)9(8)2;3*1-2-3-4(5)6;/h7H,3-6H2,1-2H3;3*2-3H2,1H3,(H,5,6);/q-1;;;;. The van der Waals surface area contributed by atoms with Crippen LogP contribution >= 0.6 is 0 Å². The van der Waals surface area contributed by atoms with Crippen molar-refractivity contribution >= 4 is 17.9 Å². The summed E-state index contributed by atoms with van der Waals surface area (Å²) < 4.78 is 0. The van der Waals surface area contributed by atoms with Crippen LogP contribution in [-0.4, -0.2) is 33.2 Å². The van der Waals surface area contributed by atoms with Crippen molar-refractivity contribution in [1.82, 2.24) is 0 Å². The second kappa shape index (κ2) is 20.7. The third kappa shape index (κ3) is 18.5. The van der Waals surface area contributed by atoms with Crippen molar-refractivity contribution in [2.24, 2.45) is 0 Å². The maximum Gasteiger partial charge on any atom is 0.303 e. The monoisotopic (exact) mass is 459 g/mol. The predicted octanol–water partition coefficient (Wildman–Crippen LogP) is 5.51. The molecule has 0 aliphatic heterocycles. The van der Waals surface area contributed by atoms with Crippen molar-refractivity contribution in [1.29, 1.82) is 0 Å². The minimum absolute atomic E-state index is 0. The SMILES string of the molecule is CCCC(=O)O.CCCC(=O)O.CCCC(=O)O.Cc1cc2c([c-]1C)CCCC2.[Ti]. The molecule has 1 aromatic carbocycles. The fraction of sp³-hybridized carbons (Fsp3) is 0.652. The van der Waals surface area contributed by atoms with Crippen LogP contribution in [0, 0.1) is 13.8 Å². The quantitative estimate of drug-likeness (QED) is 0.382. The van der Waals surface area contributed by atoms with E-state index in [1.807, 2.05) is 20.8 Å². The smallest absolute Gasteiger partial charge is 0.303 e. The molecule has 0 atom stereocenters. The first-order chi connectivity index (χ1) is 13.6. The molecule has 0 amide bonds. The zero-order valence-corrected chi connectivity index (χ0v) is 20.8. The van der Waals surface area contributed by atoms with Gasteiger partial charge in [0.2, 0.25) is 0 Å². The molecule has 0 heterocycles. The minimum atomic E-state index is -0.711. The summed E-state index contributed by atoms with van der Waals surface area (Å²) in [5, 5.41) is 23.7. The van der Waals surface area contributed by atoms with E-state index in [9.17, 15) is 14.4 Å². The Bertz CT molecular complexity index is 569. The first-order valence-electron chi connectivity index (χ1n) is 10.5. The summed E-state index contributed by atoms with van der Waals surface area (Å²) in [4.78, 5) is 28.8. The molecule has 2 rings (SSSR count). The van der Waals surface area contributed by atoms with Gasteiger partial charge in [0, 0.05) is 41.0 Å². The third-order valence-corrected chi connectivity index (χ3v) is 4.34. The molecular formula is C23H39O6Ti-. The van der Waals surface area contributed by atoms with E-state index in [-0.39, 0.29) is 21.7 Å². The van der Waals surface area contributed by atoms with Crippen LogP contribution < -0.4 is 0 Å². The van der Waals surface area contributed by atoms with Crippen LogP contribution in [0.4, 0.5) is 0 Å². The summed E-state index contributed by atoms with van der Waals surface area (Å²) in [6.45, 7) is 10.0. The fourth-order valence-electron chi connectivity index (χ4n) is 2.77. The Morgan fingerprint density at radius 1 is 0.833 bits per heavy atom. The van der Waals surface area contributed by atoms with Crippen LogP contribution in [0.2, 0.25) is 0 Å². The van der Waals surface area contributed by atoms with Gasteiger partial charge in [-0.2, -0.15) is 22.3 Å². The zero-order valence-electron chi connectivity index (χ0n) is 19.2. The third-order valence-electron chi connectivity index (χ3n) is 4.34. The predicted molar refractivity (Wildman–Crippen MR) is 116 cm³/mol. The van der Waals surface area contributed by atoms with Gasteiger partial charge in [-0.1, -0.05) is 60.3 Å². The van der Waals surface area contributed by atoms with E-state index in [0.29, 0.717) is 19.3 Å². The van der Waals surface area contributed by atoms with Gasteiger partial charge in [0.1, 0.15) is 0 Å². The number of carboxylic acid groups (broad SMARTS) is 3. The Morgan fingerprint density at radius 2 is 1.20 bits per heavy atom. The van der Waals surface area contributed by atoms with Gasteiger partial charge in [-0.3, -0.25) is 14.4 Å². The Hall–Kier alpha value is -1.53. The second-order valence-electron chi connectivity index (χ2n) is 7.09. The zero-order chi connectivity index (χ0) is 22.8. The largest absolute Gasteiger partial charge is 0.481 e. The van der Waals surface area contributed by atoms with Crippen molar-refractivity contribution in [2.75, 3.05) is 0 Å². The molecule has 0 saturated heterocycles. The molecule has 1 aliphatic rings. The van der Waals surface area contributed by atoms with Gasteiger partial charge in [-0.05, 0) is 19.3 Å². The molecule has 0 unspecified atom stereocenters. The van der Waals surface area contributed by atoms with Gasteiger partial charge in [0.25, 0.3) is 0 Å². The summed E-state index contributed by atoms with van der Waals surface area (Å²) in [7, 11) is 0. The Labute approximate surface area is 196 Å². The van der Waals surface area contributed by atoms with Gasteiger partial charge in [-0.25, -0.2) is 6.07 Å². The molecule has 1 aliphatic carbocycles. The molecule has 1 aromatic rings. The molecule has 0 saturated carbocycles. The molecule has 172 valence electrons. The maximum atomic E-state index is 9.60. The summed E-state index contributed by atoms with van der Waals surface area (Å²) in [5.41, 5.74) is 6.34. The van der Waals surface area contributed by atoms with Crippen LogP contribution in [0.15, 0.2) is 6.07 Å². The molecule has 7 heteroatoms. The molecule has 0 fully saturated rings. The van der Waals surface area contributed by atoms with Gasteiger partial charge in [-0.15, -0.1) is 0 Å². The topological polar surface area (TPSA) is 112 Å². The number of rotatable bonds is 6. The summed E-state index contributed by atoms with van der Waals surface area (Å²) in [5.74, 6) is -2.13. The molecule has 0 bridgehead atoms. The summed E-state index contributed by atoms with van der Waals surface area (Å²) in [6, 6.07) is 2.38. The van der Waals surface area contributed by atoms with Crippen molar-refractivity contribution in [3.05, 3.63) is 28.3 Å². The van der Waals surface area contributed by atoms with Crippen LogP contribution in [-0.2, 0) is 48.9 Å². The number of hydrogen-bond donors (Lipinski definition) is 3. The molecule has 6 nitrogen and oxygen atoms in total. The molecule has 0 radical (unpaired) electrons. The van der Waals surface area contributed by atoms with Crippen molar-refractivity contribution in [2.45, 2.75) is 98.8 Å². The Balaban J connectivity index is -0.000000339. The van der Waals surface area contributed by atoms with Crippen molar-refractivity contribution < 1.29 is 51.4 Å². The number of aliphatic carboxylic acids is 3. The van der Waals surface area contributed by atoms with E-state index in [1.54, 1.807) is 16.7 Å². The molecular weight excluding hydrogens is 420 g/mol.